The largest absolute Gasteiger partial charge is 0.508 e. The van der Waals surface area contributed by atoms with Crippen LogP contribution in [0.25, 0.3) is 0 Å². The number of hydrogen-bond donors (Lipinski definition) is 1. The number of phenols is 1. The quantitative estimate of drug-likeness (QED) is 0.726. The first-order valence-corrected chi connectivity index (χ1v) is 3.63. The van der Waals surface area contributed by atoms with Gasteiger partial charge in [-0.05, 0) is 24.6 Å². The van der Waals surface area contributed by atoms with Gasteiger partial charge in [-0.1, -0.05) is 12.1 Å². The average Bonchev–Trinajstić information content (AvgIpc) is 1.91. The lowest BCUT2D eigenvalue weighted by Gasteiger charge is -2.09. The molecule has 1 N–H and O–H groups in total. The average molecular weight is 172 g/mol. The summed E-state index contributed by atoms with van der Waals surface area (Å²) in [4.78, 5) is 0. The van der Waals surface area contributed by atoms with Crippen molar-refractivity contribution in [3.8, 4) is 5.75 Å². The van der Waals surface area contributed by atoms with Gasteiger partial charge in [-0.3, -0.25) is 0 Å². The van der Waals surface area contributed by atoms with Crippen molar-refractivity contribution in [2.75, 3.05) is 0 Å². The van der Waals surface area contributed by atoms with Crippen molar-refractivity contribution < 1.29 is 13.9 Å². The Kier molecular flexibility index (Phi) is 2.31. The van der Waals surface area contributed by atoms with Crippen LogP contribution in [0.2, 0.25) is 0 Å². The molecule has 1 rings (SSSR count). The lowest BCUT2D eigenvalue weighted by atomic mass is 10.1. The maximum atomic E-state index is 12.4. The molecule has 66 valence electrons. The van der Waals surface area contributed by atoms with E-state index in [1.54, 1.807) is 0 Å². The summed E-state index contributed by atoms with van der Waals surface area (Å²) < 4.78 is 24.9. The summed E-state index contributed by atoms with van der Waals surface area (Å²) in [6.07, 6.45) is -0.284. The Morgan fingerprint density at radius 2 is 1.75 bits per heavy atom. The highest BCUT2D eigenvalue weighted by atomic mass is 19.3. The third kappa shape index (κ3) is 2.86. The highest BCUT2D eigenvalue weighted by Crippen LogP contribution is 2.20. The zero-order chi connectivity index (χ0) is 9.19. The molecule has 0 bridgehead atoms. The number of alkyl halides is 2. The first-order valence-electron chi connectivity index (χ1n) is 3.63. The number of aromatic hydroxyl groups is 1. The summed E-state index contributed by atoms with van der Waals surface area (Å²) in [6, 6.07) is 5.79. The van der Waals surface area contributed by atoms with Crippen molar-refractivity contribution in [2.24, 2.45) is 0 Å². The summed E-state index contributed by atoms with van der Waals surface area (Å²) in [5, 5.41) is 8.87. The van der Waals surface area contributed by atoms with E-state index < -0.39 is 5.92 Å². The molecule has 1 aromatic rings. The van der Waals surface area contributed by atoms with Crippen molar-refractivity contribution in [1.29, 1.82) is 0 Å². The molecule has 0 aliphatic rings. The molecule has 0 fully saturated rings. The van der Waals surface area contributed by atoms with Gasteiger partial charge in [-0.15, -0.1) is 0 Å². The number of phenolic OH excluding ortho intramolecular Hbond substituents is 1. The van der Waals surface area contributed by atoms with E-state index in [0.29, 0.717) is 5.56 Å². The first-order chi connectivity index (χ1) is 5.47. The third-order valence-corrected chi connectivity index (χ3v) is 1.45. The Hall–Kier alpha value is -1.12. The van der Waals surface area contributed by atoms with Gasteiger partial charge in [0.15, 0.2) is 0 Å². The van der Waals surface area contributed by atoms with Crippen LogP contribution in [0.3, 0.4) is 0 Å². The lowest BCUT2D eigenvalue weighted by molar-refractivity contribution is 0.0226. The van der Waals surface area contributed by atoms with Gasteiger partial charge in [-0.25, -0.2) is 8.78 Å². The molecule has 0 radical (unpaired) electrons. The Labute approximate surface area is 69.7 Å². The van der Waals surface area contributed by atoms with Crippen LogP contribution in [0, 0.1) is 0 Å². The fourth-order valence-corrected chi connectivity index (χ4v) is 0.972. The standard InChI is InChI=1S/C9H10F2O/c1-9(10,11)6-7-2-4-8(12)5-3-7/h2-5,12H,6H2,1H3. The van der Waals surface area contributed by atoms with Crippen molar-refractivity contribution in [1.82, 2.24) is 0 Å². The van der Waals surface area contributed by atoms with Crippen LogP contribution < -0.4 is 0 Å². The van der Waals surface area contributed by atoms with Gasteiger partial charge in [0.25, 0.3) is 0 Å². The molecule has 1 aromatic carbocycles. The Balaban J connectivity index is 2.71. The molecule has 12 heavy (non-hydrogen) atoms. The van der Waals surface area contributed by atoms with Crippen LogP contribution >= 0.6 is 0 Å². The molecule has 0 heterocycles. The van der Waals surface area contributed by atoms with Gasteiger partial charge < -0.3 is 5.11 Å². The zero-order valence-corrected chi connectivity index (χ0v) is 6.72. The number of halogens is 2. The molecule has 0 aliphatic heterocycles. The molecule has 3 heteroatoms. The highest BCUT2D eigenvalue weighted by molar-refractivity contribution is 5.26. The smallest absolute Gasteiger partial charge is 0.249 e. The molecule has 0 amide bonds. The van der Waals surface area contributed by atoms with Gasteiger partial charge in [0.05, 0.1) is 0 Å². The second kappa shape index (κ2) is 3.09. The topological polar surface area (TPSA) is 20.2 Å². The normalized spacial score (nSPS) is 11.6. The second-order valence-electron chi connectivity index (χ2n) is 2.91. The number of benzene rings is 1. The number of hydrogen-bond acceptors (Lipinski definition) is 1. The van der Waals surface area contributed by atoms with E-state index in [1.807, 2.05) is 0 Å². The summed E-state index contributed by atoms with van der Waals surface area (Å²) >= 11 is 0. The molecule has 0 unspecified atom stereocenters. The van der Waals surface area contributed by atoms with Crippen molar-refractivity contribution in [3.63, 3.8) is 0 Å². The minimum Gasteiger partial charge on any atom is -0.508 e. The SMILES string of the molecule is CC(F)(F)Cc1ccc(O)cc1. The van der Waals surface area contributed by atoms with Crippen LogP contribution in [-0.4, -0.2) is 11.0 Å². The van der Waals surface area contributed by atoms with Gasteiger partial charge in [0, 0.05) is 6.42 Å². The van der Waals surface area contributed by atoms with Crippen LogP contribution in [0.15, 0.2) is 24.3 Å². The summed E-state index contributed by atoms with van der Waals surface area (Å²) in [7, 11) is 0. The summed E-state index contributed by atoms with van der Waals surface area (Å²) in [6.45, 7) is 0.875. The van der Waals surface area contributed by atoms with Crippen LogP contribution in [-0.2, 0) is 6.42 Å². The third-order valence-electron chi connectivity index (χ3n) is 1.45. The second-order valence-corrected chi connectivity index (χ2v) is 2.91. The molecule has 0 saturated carbocycles. The van der Waals surface area contributed by atoms with Crippen molar-refractivity contribution >= 4 is 0 Å². The van der Waals surface area contributed by atoms with Crippen LogP contribution in [0.4, 0.5) is 8.78 Å². The van der Waals surface area contributed by atoms with Gasteiger partial charge in [-0.2, -0.15) is 0 Å². The van der Waals surface area contributed by atoms with E-state index in [-0.39, 0.29) is 12.2 Å². The molecular formula is C9H10F2O. The highest BCUT2D eigenvalue weighted by Gasteiger charge is 2.21. The molecule has 0 spiro atoms. The van der Waals surface area contributed by atoms with Crippen molar-refractivity contribution in [2.45, 2.75) is 19.3 Å². The maximum Gasteiger partial charge on any atom is 0.249 e. The fourth-order valence-electron chi connectivity index (χ4n) is 0.972. The fraction of sp³-hybridized carbons (Fsp3) is 0.333. The van der Waals surface area contributed by atoms with Gasteiger partial charge >= 0.3 is 0 Å². The first kappa shape index (κ1) is 8.97. The van der Waals surface area contributed by atoms with Gasteiger partial charge in [0.1, 0.15) is 5.75 Å². The monoisotopic (exact) mass is 172 g/mol. The Bertz CT molecular complexity index is 248. The minimum atomic E-state index is -2.68. The summed E-state index contributed by atoms with van der Waals surface area (Å²) in [5.74, 6) is -2.59. The van der Waals surface area contributed by atoms with Crippen LogP contribution in [0.5, 0.6) is 5.75 Å². The lowest BCUT2D eigenvalue weighted by Crippen LogP contribution is -2.13. The van der Waals surface area contributed by atoms with E-state index in [0.717, 1.165) is 6.92 Å². The zero-order valence-electron chi connectivity index (χ0n) is 6.72. The minimum absolute atomic E-state index is 0.0955. The molecular weight excluding hydrogens is 162 g/mol. The van der Waals surface area contributed by atoms with E-state index in [9.17, 15) is 8.78 Å². The molecule has 1 nitrogen and oxygen atoms in total. The predicted octanol–water partition coefficient (Wildman–Crippen LogP) is 2.59. The van der Waals surface area contributed by atoms with Crippen LogP contribution in [0.1, 0.15) is 12.5 Å². The number of rotatable bonds is 2. The predicted molar refractivity (Wildman–Crippen MR) is 42.4 cm³/mol. The molecule has 0 saturated heterocycles. The van der Waals surface area contributed by atoms with Gasteiger partial charge in [0.2, 0.25) is 5.92 Å². The molecule has 0 aromatic heterocycles. The molecule has 0 atom stereocenters. The van der Waals surface area contributed by atoms with E-state index in [1.165, 1.54) is 24.3 Å². The van der Waals surface area contributed by atoms with E-state index in [4.69, 9.17) is 5.11 Å². The summed E-state index contributed by atoms with van der Waals surface area (Å²) in [5.41, 5.74) is 0.528. The van der Waals surface area contributed by atoms with E-state index in [2.05, 4.69) is 0 Å². The van der Waals surface area contributed by atoms with E-state index >= 15 is 0 Å². The van der Waals surface area contributed by atoms with Crippen molar-refractivity contribution in [3.05, 3.63) is 29.8 Å². The Morgan fingerprint density at radius 3 is 2.17 bits per heavy atom. The maximum absolute atomic E-state index is 12.4. The Morgan fingerprint density at radius 1 is 1.25 bits per heavy atom. The molecule has 0 aliphatic carbocycles.